The normalized spacial score (nSPS) is 11.9. The molecule has 0 saturated heterocycles. The zero-order valence-corrected chi connectivity index (χ0v) is 15.4. The molecule has 3 aromatic rings. The zero-order valence-electron chi connectivity index (χ0n) is 14.7. The molecule has 0 aliphatic rings. The van der Waals surface area contributed by atoms with Gasteiger partial charge < -0.3 is 15.2 Å². The number of hydrogen-bond donors (Lipinski definition) is 2. The summed E-state index contributed by atoms with van der Waals surface area (Å²) in [6.45, 7) is -0.261. The van der Waals surface area contributed by atoms with Crippen LogP contribution in [0, 0.1) is 0 Å². The van der Waals surface area contributed by atoms with Crippen molar-refractivity contribution in [2.24, 2.45) is 0 Å². The van der Waals surface area contributed by atoms with E-state index >= 15 is 0 Å². The number of hydrogen-bond acceptors (Lipinski definition) is 5. The van der Waals surface area contributed by atoms with Crippen molar-refractivity contribution in [3.05, 3.63) is 59.4 Å². The largest absolute Gasteiger partial charge is 0.573 e. The summed E-state index contributed by atoms with van der Waals surface area (Å²) >= 11 is 5.37. The van der Waals surface area contributed by atoms with Crippen molar-refractivity contribution in [1.82, 2.24) is 20.1 Å². The molecule has 2 N–H and O–H groups in total. The van der Waals surface area contributed by atoms with Gasteiger partial charge in [-0.3, -0.25) is 4.79 Å². The van der Waals surface area contributed by atoms with Gasteiger partial charge in [-0.2, -0.15) is 5.10 Å². The fourth-order valence-corrected chi connectivity index (χ4v) is 2.81. The molecule has 0 atom stereocenters. The maximum atomic E-state index is 12.3. The molecule has 7 nitrogen and oxygen atoms in total. The molecule has 1 amide bonds. The lowest BCUT2D eigenvalue weighted by Crippen LogP contribution is -2.20. The number of aliphatic hydroxyl groups is 1. The minimum absolute atomic E-state index is 0.0253. The molecule has 0 saturated carbocycles. The Morgan fingerprint density at radius 1 is 1.28 bits per heavy atom. The number of carbonyl (C=O) groups excluding carboxylic acids is 1. The fraction of sp³-hybridized carbons (Fsp3) is 0.167. The Bertz CT molecular complexity index is 1050. The van der Waals surface area contributed by atoms with Crippen molar-refractivity contribution < 1.29 is 27.8 Å². The van der Waals surface area contributed by atoms with Crippen LogP contribution in [0.1, 0.15) is 11.3 Å². The van der Waals surface area contributed by atoms with E-state index in [1.807, 2.05) is 0 Å². The van der Waals surface area contributed by atoms with Crippen LogP contribution in [-0.2, 0) is 17.9 Å². The number of amides is 1. The van der Waals surface area contributed by atoms with E-state index in [2.05, 4.69) is 20.1 Å². The Morgan fingerprint density at radius 2 is 2.00 bits per heavy atom. The highest BCUT2D eigenvalue weighted by molar-refractivity contribution is 6.26. The summed E-state index contributed by atoms with van der Waals surface area (Å²) in [5.41, 5.74) is 2.82. The number of alkyl halides is 3. The average molecular weight is 427 g/mol. The van der Waals surface area contributed by atoms with E-state index in [-0.39, 0.29) is 18.9 Å². The van der Waals surface area contributed by atoms with Crippen LogP contribution < -0.4 is 10.1 Å². The minimum Gasteiger partial charge on any atom is -0.406 e. The van der Waals surface area contributed by atoms with Crippen LogP contribution in [0.15, 0.2) is 48.1 Å². The van der Waals surface area contributed by atoms with E-state index in [4.69, 9.17) is 11.6 Å². The lowest BCUT2D eigenvalue weighted by Gasteiger charge is -2.09. The van der Waals surface area contributed by atoms with E-state index < -0.39 is 12.3 Å². The van der Waals surface area contributed by atoms with E-state index in [0.717, 1.165) is 23.7 Å². The SMILES string of the molecule is O=C(/C=C/Cl)NCc1nn(-c2ccc(OC(F)(F)F)cc2)c2nccc(CO)c12. The molecule has 0 aliphatic heterocycles. The lowest BCUT2D eigenvalue weighted by molar-refractivity contribution is -0.274. The predicted octanol–water partition coefficient (Wildman–Crippen LogP) is 3.18. The van der Waals surface area contributed by atoms with Crippen LogP contribution >= 0.6 is 11.6 Å². The summed E-state index contributed by atoms with van der Waals surface area (Å²) in [7, 11) is 0. The first kappa shape index (κ1) is 20.6. The van der Waals surface area contributed by atoms with Gasteiger partial charge in [-0.1, -0.05) is 11.6 Å². The van der Waals surface area contributed by atoms with Crippen LogP contribution in [0.5, 0.6) is 5.75 Å². The molecule has 0 spiro atoms. The van der Waals surface area contributed by atoms with Crippen LogP contribution in [-0.4, -0.2) is 32.1 Å². The molecule has 2 aromatic heterocycles. The third-order valence-electron chi connectivity index (χ3n) is 3.86. The Hall–Kier alpha value is -3.11. The number of halogens is 4. The number of aliphatic hydroxyl groups excluding tert-OH is 1. The lowest BCUT2D eigenvalue weighted by atomic mass is 10.1. The molecule has 0 unspecified atom stereocenters. The number of rotatable bonds is 6. The second-order valence-corrected chi connectivity index (χ2v) is 5.99. The van der Waals surface area contributed by atoms with Crippen LogP contribution in [0.4, 0.5) is 13.2 Å². The summed E-state index contributed by atoms with van der Waals surface area (Å²) in [5.74, 6) is -0.812. The van der Waals surface area contributed by atoms with Gasteiger partial charge in [0.05, 0.1) is 24.5 Å². The van der Waals surface area contributed by atoms with Gasteiger partial charge in [0.2, 0.25) is 5.91 Å². The first-order valence-electron chi connectivity index (χ1n) is 8.19. The zero-order chi connectivity index (χ0) is 21.0. The number of nitrogens with one attached hydrogen (secondary N) is 1. The predicted molar refractivity (Wildman–Crippen MR) is 98.3 cm³/mol. The molecule has 0 fully saturated rings. The number of ether oxygens (including phenoxy) is 1. The topological polar surface area (TPSA) is 89.3 Å². The second-order valence-electron chi connectivity index (χ2n) is 5.74. The van der Waals surface area contributed by atoms with Gasteiger partial charge in [-0.05, 0) is 35.9 Å². The summed E-state index contributed by atoms with van der Waals surface area (Å²) in [6, 6.07) is 6.69. The van der Waals surface area contributed by atoms with Crippen LogP contribution in [0.2, 0.25) is 0 Å². The van der Waals surface area contributed by atoms with Crippen LogP contribution in [0.25, 0.3) is 16.7 Å². The Balaban J connectivity index is 2.01. The molecule has 152 valence electrons. The van der Waals surface area contributed by atoms with Gasteiger partial charge in [0, 0.05) is 23.2 Å². The Labute approximate surface area is 167 Å². The monoisotopic (exact) mass is 426 g/mol. The quantitative estimate of drug-likeness (QED) is 0.591. The summed E-state index contributed by atoms with van der Waals surface area (Å²) in [5, 5.41) is 17.2. The maximum absolute atomic E-state index is 12.3. The molecule has 0 aliphatic carbocycles. The number of aromatic nitrogens is 3. The molecule has 1 aromatic carbocycles. The summed E-state index contributed by atoms with van der Waals surface area (Å²) in [4.78, 5) is 15.9. The maximum Gasteiger partial charge on any atom is 0.573 e. The highest BCUT2D eigenvalue weighted by Crippen LogP contribution is 2.27. The number of carbonyl (C=O) groups is 1. The average Bonchev–Trinajstić information content (AvgIpc) is 3.05. The molecule has 0 bridgehead atoms. The smallest absolute Gasteiger partial charge is 0.406 e. The second kappa shape index (κ2) is 8.50. The van der Waals surface area contributed by atoms with Crippen molar-refractivity contribution in [2.75, 3.05) is 0 Å². The molecule has 3 rings (SSSR count). The van der Waals surface area contributed by atoms with E-state index in [1.165, 1.54) is 23.0 Å². The molecular formula is C18H14ClF3N4O3. The van der Waals surface area contributed by atoms with Crippen molar-refractivity contribution in [3.8, 4) is 11.4 Å². The Morgan fingerprint density at radius 3 is 2.62 bits per heavy atom. The molecule has 11 heteroatoms. The van der Waals surface area contributed by atoms with Gasteiger partial charge >= 0.3 is 6.36 Å². The van der Waals surface area contributed by atoms with Gasteiger partial charge in [0.1, 0.15) is 5.75 Å². The molecule has 29 heavy (non-hydrogen) atoms. The van der Waals surface area contributed by atoms with Crippen molar-refractivity contribution in [1.29, 1.82) is 0 Å². The summed E-state index contributed by atoms with van der Waals surface area (Å²) in [6.07, 6.45) is -2.18. The third-order valence-corrected chi connectivity index (χ3v) is 3.98. The van der Waals surface area contributed by atoms with Gasteiger partial charge in [0.15, 0.2) is 5.65 Å². The van der Waals surface area contributed by atoms with Crippen molar-refractivity contribution in [2.45, 2.75) is 19.5 Å². The fourth-order valence-electron chi connectivity index (χ4n) is 2.69. The number of nitrogens with zero attached hydrogens (tertiary/aromatic N) is 3. The Kier molecular flexibility index (Phi) is 6.04. The van der Waals surface area contributed by atoms with Gasteiger partial charge in [-0.25, -0.2) is 9.67 Å². The number of benzene rings is 1. The standard InChI is InChI=1S/C18H14ClF3N4O3/c19-7-5-15(28)24-9-14-16-11(10-27)6-8-23-17(16)26(25-14)12-1-3-13(4-2-12)29-18(20,21)22/h1-8,27H,9-10H2,(H,24,28)/b7-5+. The number of fused-ring (bicyclic) bond motifs is 1. The van der Waals surface area contributed by atoms with E-state index in [9.17, 15) is 23.1 Å². The molecule has 2 heterocycles. The minimum atomic E-state index is -4.79. The highest BCUT2D eigenvalue weighted by Gasteiger charge is 2.31. The van der Waals surface area contributed by atoms with Gasteiger partial charge in [0.25, 0.3) is 0 Å². The molecule has 0 radical (unpaired) electrons. The van der Waals surface area contributed by atoms with Crippen molar-refractivity contribution >= 4 is 28.5 Å². The highest BCUT2D eigenvalue weighted by atomic mass is 35.5. The van der Waals surface area contributed by atoms with Crippen molar-refractivity contribution in [3.63, 3.8) is 0 Å². The molecular weight excluding hydrogens is 413 g/mol. The van der Waals surface area contributed by atoms with Gasteiger partial charge in [-0.15, -0.1) is 13.2 Å². The van der Waals surface area contributed by atoms with Crippen LogP contribution in [0.3, 0.4) is 0 Å². The first-order valence-corrected chi connectivity index (χ1v) is 8.63. The van der Waals surface area contributed by atoms with E-state index in [1.54, 1.807) is 6.07 Å². The first-order chi connectivity index (χ1) is 13.8. The summed E-state index contributed by atoms with van der Waals surface area (Å²) < 4.78 is 42.3. The number of pyridine rings is 1. The van der Waals surface area contributed by atoms with E-state index in [0.29, 0.717) is 28.0 Å². The third kappa shape index (κ3) is 4.84.